The minimum atomic E-state index is -0.484. The number of piperidine rings is 1. The number of benzene rings is 2. The quantitative estimate of drug-likeness (QED) is 0.326. The summed E-state index contributed by atoms with van der Waals surface area (Å²) in [6.45, 7) is 14.1. The highest BCUT2D eigenvalue weighted by Crippen LogP contribution is 2.41. The Kier molecular flexibility index (Phi) is 8.10. The van der Waals surface area contributed by atoms with Crippen molar-refractivity contribution >= 4 is 23.6 Å². The summed E-state index contributed by atoms with van der Waals surface area (Å²) in [6, 6.07) is 18.3. The summed E-state index contributed by atoms with van der Waals surface area (Å²) in [4.78, 5) is 28.0. The number of rotatable bonds is 5. The molecular weight excluding hydrogens is 526 g/mol. The summed E-state index contributed by atoms with van der Waals surface area (Å²) in [7, 11) is 0. The molecule has 224 valence electrons. The van der Waals surface area contributed by atoms with Crippen LogP contribution < -0.4 is 10.6 Å². The number of carbonyl (C=O) groups excluding carboxylic acids is 2. The zero-order chi connectivity index (χ0) is 30.2. The van der Waals surface area contributed by atoms with Gasteiger partial charge >= 0.3 is 12.1 Å². The average Bonchev–Trinajstić information content (AvgIpc) is 3.42. The van der Waals surface area contributed by atoms with E-state index in [1.54, 1.807) is 4.68 Å². The van der Waals surface area contributed by atoms with Crippen LogP contribution in [0.4, 0.5) is 21.1 Å². The Hall–Kier alpha value is -3.81. The molecule has 1 aromatic heterocycles. The number of nitrogens with zero attached hydrogens (tertiary/aromatic N) is 3. The molecule has 8 nitrogen and oxygen atoms in total. The molecule has 2 aliphatic heterocycles. The lowest BCUT2D eigenvalue weighted by molar-refractivity contribution is 0.00216. The number of hydrogen-bond donors (Lipinski definition) is 2. The van der Waals surface area contributed by atoms with Gasteiger partial charge < -0.3 is 15.0 Å². The predicted molar refractivity (Wildman–Crippen MR) is 167 cm³/mol. The van der Waals surface area contributed by atoms with Gasteiger partial charge in [0, 0.05) is 29.3 Å². The second-order valence-electron chi connectivity index (χ2n) is 14.0. The van der Waals surface area contributed by atoms with Crippen molar-refractivity contribution in [1.29, 1.82) is 0 Å². The van der Waals surface area contributed by atoms with Gasteiger partial charge in [-0.25, -0.2) is 14.3 Å². The number of urea groups is 1. The molecule has 0 aliphatic carbocycles. The molecule has 2 bridgehead atoms. The van der Waals surface area contributed by atoms with Crippen LogP contribution >= 0.6 is 0 Å². The molecule has 2 atom stereocenters. The third-order valence-corrected chi connectivity index (χ3v) is 8.14. The SMILES string of the molecule is Cc1ccc(-n2nc(C(C)(C)C)cc2NC(=O)Nc2cccc(CC3CC4CCC(C3)N4C(=O)OC(C)(C)C)c2)cc1. The number of aromatic nitrogens is 2. The van der Waals surface area contributed by atoms with E-state index >= 15 is 0 Å². The Morgan fingerprint density at radius 3 is 2.21 bits per heavy atom. The lowest BCUT2D eigenvalue weighted by Crippen LogP contribution is -2.48. The number of carbonyl (C=O) groups is 2. The third kappa shape index (κ3) is 6.97. The van der Waals surface area contributed by atoms with Crippen molar-refractivity contribution < 1.29 is 14.3 Å². The van der Waals surface area contributed by atoms with Crippen LogP contribution in [0.5, 0.6) is 0 Å². The number of ether oxygens (including phenoxy) is 1. The van der Waals surface area contributed by atoms with Crippen LogP contribution in [0.15, 0.2) is 54.6 Å². The molecule has 0 saturated carbocycles. The van der Waals surface area contributed by atoms with Gasteiger partial charge in [-0.15, -0.1) is 0 Å². The lowest BCUT2D eigenvalue weighted by atomic mass is 9.86. The molecule has 5 rings (SSSR count). The first-order chi connectivity index (χ1) is 19.7. The number of anilines is 2. The van der Waals surface area contributed by atoms with E-state index in [9.17, 15) is 9.59 Å². The third-order valence-electron chi connectivity index (χ3n) is 8.14. The summed E-state index contributed by atoms with van der Waals surface area (Å²) in [5.41, 5.74) is 4.23. The van der Waals surface area contributed by atoms with E-state index in [-0.39, 0.29) is 29.6 Å². The van der Waals surface area contributed by atoms with E-state index in [0.717, 1.165) is 54.7 Å². The van der Waals surface area contributed by atoms with Crippen LogP contribution in [0.25, 0.3) is 5.69 Å². The molecule has 2 fully saturated rings. The minimum absolute atomic E-state index is 0.167. The molecule has 2 N–H and O–H groups in total. The molecule has 2 unspecified atom stereocenters. The molecule has 0 radical (unpaired) electrons. The maximum atomic E-state index is 13.2. The molecule has 3 aromatic rings. The smallest absolute Gasteiger partial charge is 0.410 e. The number of fused-ring (bicyclic) bond motifs is 2. The van der Waals surface area contributed by atoms with E-state index in [1.165, 1.54) is 5.56 Å². The minimum Gasteiger partial charge on any atom is -0.444 e. The molecule has 3 heterocycles. The Morgan fingerprint density at radius 2 is 1.60 bits per heavy atom. The van der Waals surface area contributed by atoms with Gasteiger partial charge in [-0.1, -0.05) is 50.6 Å². The second kappa shape index (κ2) is 11.5. The van der Waals surface area contributed by atoms with Crippen LogP contribution in [0.2, 0.25) is 0 Å². The maximum Gasteiger partial charge on any atom is 0.410 e. The first kappa shape index (κ1) is 29.7. The molecule has 2 saturated heterocycles. The van der Waals surface area contributed by atoms with Gasteiger partial charge in [0.1, 0.15) is 11.4 Å². The zero-order valence-corrected chi connectivity index (χ0v) is 26.0. The van der Waals surface area contributed by atoms with Crippen molar-refractivity contribution in [2.24, 2.45) is 5.92 Å². The number of hydrogen-bond acceptors (Lipinski definition) is 4. The molecule has 2 aliphatic rings. The Labute approximate surface area is 249 Å². The first-order valence-corrected chi connectivity index (χ1v) is 15.1. The molecular formula is C34H45N5O3. The van der Waals surface area contributed by atoms with Crippen molar-refractivity contribution in [1.82, 2.24) is 14.7 Å². The summed E-state index contributed by atoms with van der Waals surface area (Å²) in [5.74, 6) is 1.11. The van der Waals surface area contributed by atoms with Crippen LogP contribution in [-0.4, -0.2) is 44.5 Å². The van der Waals surface area contributed by atoms with Crippen LogP contribution in [0, 0.1) is 12.8 Å². The van der Waals surface area contributed by atoms with E-state index in [4.69, 9.17) is 9.84 Å². The van der Waals surface area contributed by atoms with Gasteiger partial charge in [0.15, 0.2) is 0 Å². The van der Waals surface area contributed by atoms with E-state index in [0.29, 0.717) is 11.7 Å². The summed E-state index contributed by atoms with van der Waals surface area (Å²) >= 11 is 0. The highest BCUT2D eigenvalue weighted by Gasteiger charge is 2.44. The van der Waals surface area contributed by atoms with Crippen molar-refractivity contribution in [2.75, 3.05) is 10.6 Å². The normalized spacial score (nSPS) is 20.4. The van der Waals surface area contributed by atoms with Gasteiger partial charge in [-0.3, -0.25) is 5.32 Å². The fourth-order valence-electron chi connectivity index (χ4n) is 6.18. The van der Waals surface area contributed by atoms with Crippen molar-refractivity contribution in [3.63, 3.8) is 0 Å². The largest absolute Gasteiger partial charge is 0.444 e. The Bertz CT molecular complexity index is 1420. The van der Waals surface area contributed by atoms with Gasteiger partial charge in [0.05, 0.1) is 11.4 Å². The molecule has 42 heavy (non-hydrogen) atoms. The number of aryl methyl sites for hydroxylation is 1. The van der Waals surface area contributed by atoms with Crippen molar-refractivity contribution in [3.05, 3.63) is 71.4 Å². The lowest BCUT2D eigenvalue weighted by Gasteiger charge is -2.39. The van der Waals surface area contributed by atoms with Gasteiger partial charge in [0.2, 0.25) is 0 Å². The predicted octanol–water partition coefficient (Wildman–Crippen LogP) is 7.84. The van der Waals surface area contributed by atoms with Gasteiger partial charge in [0.25, 0.3) is 0 Å². The number of amides is 3. The molecule has 8 heteroatoms. The second-order valence-corrected chi connectivity index (χ2v) is 14.0. The molecule has 2 aromatic carbocycles. The van der Waals surface area contributed by atoms with Gasteiger partial charge in [-0.2, -0.15) is 5.10 Å². The summed E-state index contributed by atoms with van der Waals surface area (Å²) in [5, 5.41) is 10.8. The van der Waals surface area contributed by atoms with Crippen molar-refractivity contribution in [2.45, 2.75) is 104 Å². The first-order valence-electron chi connectivity index (χ1n) is 15.1. The highest BCUT2D eigenvalue weighted by molar-refractivity contribution is 5.99. The summed E-state index contributed by atoms with van der Waals surface area (Å²) in [6.07, 6.45) is 4.78. The monoisotopic (exact) mass is 571 g/mol. The fourth-order valence-corrected chi connectivity index (χ4v) is 6.18. The zero-order valence-electron chi connectivity index (χ0n) is 26.0. The fraction of sp³-hybridized carbons (Fsp3) is 0.500. The van der Waals surface area contributed by atoms with Crippen LogP contribution in [0.3, 0.4) is 0 Å². The van der Waals surface area contributed by atoms with Crippen molar-refractivity contribution in [3.8, 4) is 5.69 Å². The Balaban J connectivity index is 1.23. The summed E-state index contributed by atoms with van der Waals surface area (Å²) < 4.78 is 7.48. The van der Waals surface area contributed by atoms with E-state index in [1.807, 2.05) is 75.1 Å². The topological polar surface area (TPSA) is 88.5 Å². The molecule has 3 amide bonds. The standard InChI is InChI=1S/C34H45N5O3/c1-22-11-13-26(14-12-22)39-30(21-29(37-39)33(2,3)4)36-31(40)35-25-10-8-9-23(18-25)17-24-19-27-15-16-28(20-24)38(27)32(41)42-34(5,6)7/h8-14,18,21,24,27-28H,15-17,19-20H2,1-7H3,(H2,35,36,40). The van der Waals surface area contributed by atoms with Crippen LogP contribution in [-0.2, 0) is 16.6 Å². The average molecular weight is 572 g/mol. The molecule has 0 spiro atoms. The number of nitrogens with one attached hydrogen (secondary N) is 2. The van der Waals surface area contributed by atoms with Gasteiger partial charge in [-0.05, 0) is 95.5 Å². The highest BCUT2D eigenvalue weighted by atomic mass is 16.6. The van der Waals surface area contributed by atoms with E-state index in [2.05, 4.69) is 43.5 Å². The van der Waals surface area contributed by atoms with E-state index < -0.39 is 5.60 Å². The Morgan fingerprint density at radius 1 is 0.929 bits per heavy atom. The van der Waals surface area contributed by atoms with Crippen LogP contribution in [0.1, 0.15) is 84.0 Å². The maximum absolute atomic E-state index is 13.2.